The summed E-state index contributed by atoms with van der Waals surface area (Å²) in [5, 5.41) is 0. The van der Waals surface area contributed by atoms with E-state index in [0.29, 0.717) is 15.6 Å². The van der Waals surface area contributed by atoms with Crippen molar-refractivity contribution in [2.75, 3.05) is 6.26 Å². The fraction of sp³-hybridized carbons (Fsp3) is 0.571. The minimum Gasteiger partial charge on any atom is -0.0839 e. The normalized spacial score (nSPS) is 27.1. The van der Waals surface area contributed by atoms with Crippen LogP contribution in [0, 0.1) is 5.92 Å². The van der Waals surface area contributed by atoms with Crippen molar-refractivity contribution in [3.63, 3.8) is 0 Å². The highest BCUT2D eigenvalue weighted by molar-refractivity contribution is 8.01. The molecule has 1 unspecified atom stereocenters. The van der Waals surface area contributed by atoms with Crippen molar-refractivity contribution >= 4 is 10.9 Å². The zero-order valence-corrected chi connectivity index (χ0v) is 11.0. The Kier molecular flexibility index (Phi) is 2.85. The first kappa shape index (κ1) is 11.1. The SMILES string of the molecule is C[S+](C1=CC[C@H]2CC=CC=C12)C(C)(C)C. The van der Waals surface area contributed by atoms with Crippen LogP contribution >= 0.6 is 0 Å². The summed E-state index contributed by atoms with van der Waals surface area (Å²) >= 11 is 0. The van der Waals surface area contributed by atoms with E-state index < -0.39 is 0 Å². The molecular weight excluding hydrogens is 200 g/mol. The predicted octanol–water partition coefficient (Wildman–Crippen LogP) is 3.82. The average molecular weight is 221 g/mol. The molecule has 0 aliphatic heterocycles. The molecule has 0 N–H and O–H groups in total. The molecule has 82 valence electrons. The van der Waals surface area contributed by atoms with Crippen LogP contribution in [0.3, 0.4) is 0 Å². The lowest BCUT2D eigenvalue weighted by Gasteiger charge is -2.21. The molecule has 0 saturated carbocycles. The van der Waals surface area contributed by atoms with Gasteiger partial charge in [-0.15, -0.1) is 0 Å². The van der Waals surface area contributed by atoms with E-state index in [2.05, 4.69) is 51.3 Å². The van der Waals surface area contributed by atoms with Gasteiger partial charge in [0.1, 0.15) is 11.0 Å². The van der Waals surface area contributed by atoms with Gasteiger partial charge < -0.3 is 0 Å². The zero-order valence-electron chi connectivity index (χ0n) is 10.2. The first-order chi connectivity index (χ1) is 7.00. The van der Waals surface area contributed by atoms with Gasteiger partial charge in [-0.25, -0.2) is 0 Å². The molecule has 0 fully saturated rings. The van der Waals surface area contributed by atoms with Crippen molar-refractivity contribution in [1.29, 1.82) is 0 Å². The second-order valence-electron chi connectivity index (χ2n) is 5.41. The molecule has 0 spiro atoms. The topological polar surface area (TPSA) is 0 Å². The maximum Gasteiger partial charge on any atom is 0.154 e. The van der Waals surface area contributed by atoms with Crippen molar-refractivity contribution in [3.8, 4) is 0 Å². The second kappa shape index (κ2) is 3.86. The van der Waals surface area contributed by atoms with Gasteiger partial charge in [0.05, 0.1) is 0 Å². The lowest BCUT2D eigenvalue weighted by molar-refractivity contribution is 0.664. The Morgan fingerprint density at radius 2 is 2.00 bits per heavy atom. The summed E-state index contributed by atoms with van der Waals surface area (Å²) in [5.41, 5.74) is 1.62. The molecule has 2 atom stereocenters. The molecule has 0 aromatic rings. The van der Waals surface area contributed by atoms with Gasteiger partial charge in [-0.1, -0.05) is 18.2 Å². The van der Waals surface area contributed by atoms with E-state index in [0.717, 1.165) is 5.92 Å². The molecule has 0 saturated heterocycles. The molecule has 2 aliphatic carbocycles. The van der Waals surface area contributed by atoms with E-state index in [1.807, 2.05) is 0 Å². The number of allylic oxidation sites excluding steroid dienone is 5. The number of hydrogen-bond acceptors (Lipinski definition) is 0. The molecule has 1 heteroatoms. The molecule has 0 heterocycles. The van der Waals surface area contributed by atoms with Gasteiger partial charge >= 0.3 is 0 Å². The molecule has 15 heavy (non-hydrogen) atoms. The summed E-state index contributed by atoms with van der Waals surface area (Å²) < 4.78 is 0.405. The monoisotopic (exact) mass is 221 g/mol. The van der Waals surface area contributed by atoms with Gasteiger partial charge in [-0.3, -0.25) is 0 Å². The summed E-state index contributed by atoms with van der Waals surface area (Å²) in [6.45, 7) is 7.05. The van der Waals surface area contributed by atoms with Crippen LogP contribution in [0.15, 0.2) is 34.8 Å². The predicted molar refractivity (Wildman–Crippen MR) is 71.1 cm³/mol. The zero-order chi connectivity index (χ0) is 11.1. The van der Waals surface area contributed by atoms with Gasteiger partial charge in [0.25, 0.3) is 0 Å². The maximum atomic E-state index is 2.48. The third kappa shape index (κ3) is 2.08. The van der Waals surface area contributed by atoms with Gasteiger partial charge in [0.15, 0.2) is 4.91 Å². The molecule has 0 aromatic heterocycles. The first-order valence-electron chi connectivity index (χ1n) is 5.73. The number of hydrogen-bond donors (Lipinski definition) is 0. The van der Waals surface area contributed by atoms with E-state index in [9.17, 15) is 0 Å². The van der Waals surface area contributed by atoms with Crippen LogP contribution in [0.2, 0.25) is 0 Å². The summed E-state index contributed by atoms with van der Waals surface area (Å²) in [6, 6.07) is 0. The average Bonchev–Trinajstić information content (AvgIpc) is 2.58. The third-order valence-electron chi connectivity index (χ3n) is 3.39. The molecule has 0 aromatic carbocycles. The lowest BCUT2D eigenvalue weighted by atomic mass is 9.94. The van der Waals surface area contributed by atoms with Crippen LogP contribution in [0.4, 0.5) is 0 Å². The molecule has 0 bridgehead atoms. The third-order valence-corrected chi connectivity index (χ3v) is 6.29. The van der Waals surface area contributed by atoms with E-state index in [-0.39, 0.29) is 0 Å². The Bertz CT molecular complexity index is 339. The highest BCUT2D eigenvalue weighted by Crippen LogP contribution is 2.41. The first-order valence-corrected chi connectivity index (χ1v) is 7.37. The highest BCUT2D eigenvalue weighted by Gasteiger charge is 2.40. The quantitative estimate of drug-likeness (QED) is 0.590. The second-order valence-corrected chi connectivity index (χ2v) is 8.09. The van der Waals surface area contributed by atoms with Crippen LogP contribution < -0.4 is 0 Å². The van der Waals surface area contributed by atoms with Crippen molar-refractivity contribution < 1.29 is 0 Å². The summed E-state index contributed by atoms with van der Waals surface area (Å²) in [4.78, 5) is 1.64. The Hall–Kier alpha value is -0.430. The summed E-state index contributed by atoms with van der Waals surface area (Å²) in [5.74, 6) is 0.794. The van der Waals surface area contributed by atoms with Crippen molar-refractivity contribution in [2.24, 2.45) is 5.92 Å². The van der Waals surface area contributed by atoms with Crippen molar-refractivity contribution in [1.82, 2.24) is 0 Å². The van der Waals surface area contributed by atoms with Gasteiger partial charge in [-0.2, -0.15) is 0 Å². The van der Waals surface area contributed by atoms with Crippen LogP contribution in [0.5, 0.6) is 0 Å². The Morgan fingerprint density at radius 3 is 2.67 bits per heavy atom. The van der Waals surface area contributed by atoms with E-state index in [1.165, 1.54) is 12.8 Å². The van der Waals surface area contributed by atoms with Crippen molar-refractivity contribution in [3.05, 3.63) is 34.8 Å². The Labute approximate surface area is 96.5 Å². The van der Waals surface area contributed by atoms with E-state index in [4.69, 9.17) is 0 Å². The largest absolute Gasteiger partial charge is 0.154 e. The molecule has 2 aliphatic rings. The van der Waals surface area contributed by atoms with Gasteiger partial charge in [0, 0.05) is 16.5 Å². The van der Waals surface area contributed by atoms with Crippen LogP contribution in [0.25, 0.3) is 0 Å². The lowest BCUT2D eigenvalue weighted by Crippen LogP contribution is -2.28. The fourth-order valence-corrected chi connectivity index (χ4v) is 3.78. The molecule has 0 amide bonds. The fourth-order valence-electron chi connectivity index (χ4n) is 2.18. The maximum absolute atomic E-state index is 2.48. The van der Waals surface area contributed by atoms with E-state index in [1.54, 1.807) is 10.5 Å². The Morgan fingerprint density at radius 1 is 1.27 bits per heavy atom. The standard InChI is InChI=1S/C14H21S/c1-14(2,3)15(4)13-10-9-11-7-5-6-8-12(11)13/h5-6,8,10-11H,7,9H2,1-4H3/q+1/t11-,15?/m1/s1. The number of fused-ring (bicyclic) bond motifs is 1. The summed E-state index contributed by atoms with van der Waals surface area (Å²) in [7, 11) is 0.378. The smallest absolute Gasteiger partial charge is 0.0839 e. The van der Waals surface area contributed by atoms with E-state index >= 15 is 0 Å². The van der Waals surface area contributed by atoms with Crippen LogP contribution in [0.1, 0.15) is 33.6 Å². The van der Waals surface area contributed by atoms with Crippen LogP contribution in [-0.4, -0.2) is 11.0 Å². The minimum atomic E-state index is 0.378. The highest BCUT2D eigenvalue weighted by atomic mass is 32.2. The minimum absolute atomic E-state index is 0.378. The van der Waals surface area contributed by atoms with Crippen LogP contribution in [-0.2, 0) is 10.9 Å². The molecule has 2 rings (SSSR count). The molecule has 0 nitrogen and oxygen atoms in total. The van der Waals surface area contributed by atoms with Crippen molar-refractivity contribution in [2.45, 2.75) is 38.4 Å². The number of rotatable bonds is 1. The van der Waals surface area contributed by atoms with Gasteiger partial charge in [0.2, 0.25) is 0 Å². The molecule has 0 radical (unpaired) electrons. The van der Waals surface area contributed by atoms with Gasteiger partial charge in [-0.05, 0) is 45.6 Å². The summed E-state index contributed by atoms with van der Waals surface area (Å²) in [6.07, 6.45) is 14.3. The molecular formula is C14H21S+. The Balaban J connectivity index is 2.24.